The van der Waals surface area contributed by atoms with Gasteiger partial charge in [-0.25, -0.2) is 0 Å². The molecular weight excluding hydrogens is 466 g/mol. The fraction of sp³-hybridized carbons (Fsp3) is 0.300. The van der Waals surface area contributed by atoms with Crippen molar-refractivity contribution in [2.24, 2.45) is 5.92 Å². The number of anilines is 2. The molecule has 2 saturated heterocycles. The quantitative estimate of drug-likeness (QED) is 0.538. The van der Waals surface area contributed by atoms with Crippen LogP contribution >= 0.6 is 0 Å². The summed E-state index contributed by atoms with van der Waals surface area (Å²) in [7, 11) is 1.54. The number of amides is 2. The standard InChI is InChI=1S/C30H27N3O4/c1-17-9-7-12-20-25(17)32-28(36)30(20)29(19-11-4-5-13-21(19)31-27(29)35)24(22-14-8-16-33(22)30)26(34)18-10-3-6-15-23(18)37-2/h3-7,9-13,15,22,24H,8,14,16H2,1-2H3,(H,31,35)(H,32,36). The van der Waals surface area contributed by atoms with Gasteiger partial charge in [-0.1, -0.05) is 48.5 Å². The lowest BCUT2D eigenvalue weighted by atomic mass is 9.57. The van der Waals surface area contributed by atoms with E-state index < -0.39 is 16.9 Å². The molecule has 7 heteroatoms. The molecule has 4 aliphatic heterocycles. The van der Waals surface area contributed by atoms with Crippen LogP contribution in [0, 0.1) is 12.8 Å². The van der Waals surface area contributed by atoms with E-state index >= 15 is 0 Å². The van der Waals surface area contributed by atoms with Crippen molar-refractivity contribution in [3.63, 3.8) is 0 Å². The van der Waals surface area contributed by atoms with E-state index in [-0.39, 0.29) is 23.6 Å². The van der Waals surface area contributed by atoms with Crippen LogP contribution in [-0.2, 0) is 20.5 Å². The lowest BCUT2D eigenvalue weighted by molar-refractivity contribution is -0.137. The smallest absolute Gasteiger partial charge is 0.251 e. The number of aryl methyl sites for hydroxylation is 1. The first-order valence-corrected chi connectivity index (χ1v) is 12.7. The molecular formula is C30H27N3O4. The Balaban J connectivity index is 1.60. The first-order valence-electron chi connectivity index (χ1n) is 12.7. The van der Waals surface area contributed by atoms with Gasteiger partial charge in [-0.15, -0.1) is 0 Å². The van der Waals surface area contributed by atoms with Gasteiger partial charge in [-0.2, -0.15) is 0 Å². The first kappa shape index (κ1) is 22.2. The van der Waals surface area contributed by atoms with Crippen LogP contribution in [0.15, 0.2) is 66.7 Å². The van der Waals surface area contributed by atoms with Crippen LogP contribution in [0.5, 0.6) is 5.75 Å². The highest BCUT2D eigenvalue weighted by Gasteiger charge is 2.81. The largest absolute Gasteiger partial charge is 0.496 e. The van der Waals surface area contributed by atoms with Gasteiger partial charge in [0.25, 0.3) is 5.91 Å². The summed E-state index contributed by atoms with van der Waals surface area (Å²) in [4.78, 5) is 45.8. The monoisotopic (exact) mass is 493 g/mol. The van der Waals surface area contributed by atoms with Gasteiger partial charge in [0.15, 0.2) is 5.78 Å². The number of ketones is 1. The summed E-state index contributed by atoms with van der Waals surface area (Å²) in [5, 5.41) is 6.21. The van der Waals surface area contributed by atoms with Crippen molar-refractivity contribution >= 4 is 29.0 Å². The maximum atomic E-state index is 14.7. The fourth-order valence-corrected chi connectivity index (χ4v) is 7.77. The molecule has 0 radical (unpaired) electrons. The molecule has 0 aromatic heterocycles. The Morgan fingerprint density at radius 3 is 2.54 bits per heavy atom. The second-order valence-electron chi connectivity index (χ2n) is 10.4. The summed E-state index contributed by atoms with van der Waals surface area (Å²) < 4.78 is 5.58. The minimum atomic E-state index is -1.45. The molecule has 2 amide bonds. The van der Waals surface area contributed by atoms with Crippen molar-refractivity contribution in [1.29, 1.82) is 0 Å². The molecule has 3 aromatic rings. The molecule has 0 bridgehead atoms. The molecule has 2 N–H and O–H groups in total. The maximum absolute atomic E-state index is 14.7. The molecule has 4 unspecified atom stereocenters. The zero-order valence-corrected chi connectivity index (χ0v) is 20.7. The third kappa shape index (κ3) is 2.43. The number of Topliss-reactive ketones (excluding diaryl/α,β-unsaturated/α-hetero) is 1. The van der Waals surface area contributed by atoms with Crippen molar-refractivity contribution in [2.75, 3.05) is 24.3 Å². The lowest BCUT2D eigenvalue weighted by Gasteiger charge is -2.43. The predicted octanol–water partition coefficient (Wildman–Crippen LogP) is 4.02. The molecule has 4 heterocycles. The summed E-state index contributed by atoms with van der Waals surface area (Å²) in [5.74, 6) is -1.04. The van der Waals surface area contributed by atoms with Crippen LogP contribution in [0.1, 0.15) is 39.9 Å². The van der Waals surface area contributed by atoms with E-state index in [1.165, 1.54) is 0 Å². The average Bonchev–Trinajstić information content (AvgIpc) is 3.63. The molecule has 4 aliphatic rings. The van der Waals surface area contributed by atoms with E-state index in [1.54, 1.807) is 19.2 Å². The van der Waals surface area contributed by atoms with Crippen LogP contribution in [0.25, 0.3) is 0 Å². The van der Waals surface area contributed by atoms with E-state index in [9.17, 15) is 14.4 Å². The Labute approximate surface area is 214 Å². The number of methoxy groups -OCH3 is 1. The van der Waals surface area contributed by atoms with Gasteiger partial charge in [0, 0.05) is 23.0 Å². The second kappa shape index (κ2) is 7.52. The highest BCUT2D eigenvalue weighted by Crippen LogP contribution is 2.68. The number of ether oxygens (including phenoxy) is 1. The zero-order chi connectivity index (χ0) is 25.5. The molecule has 7 rings (SSSR count). The Hall–Kier alpha value is -3.97. The second-order valence-corrected chi connectivity index (χ2v) is 10.4. The number of carbonyl (C=O) groups is 3. The van der Waals surface area contributed by atoms with E-state index in [4.69, 9.17) is 4.74 Å². The zero-order valence-electron chi connectivity index (χ0n) is 20.7. The van der Waals surface area contributed by atoms with Crippen molar-refractivity contribution in [3.8, 4) is 5.75 Å². The summed E-state index contributed by atoms with van der Waals surface area (Å²) >= 11 is 0. The topological polar surface area (TPSA) is 87.7 Å². The van der Waals surface area contributed by atoms with E-state index in [0.29, 0.717) is 29.1 Å². The number of carbonyl (C=O) groups excluding carboxylic acids is 3. The van der Waals surface area contributed by atoms with Crippen LogP contribution in [0.2, 0.25) is 0 Å². The minimum absolute atomic E-state index is 0.174. The van der Waals surface area contributed by atoms with Gasteiger partial charge in [0.05, 0.1) is 18.6 Å². The number of nitrogens with zero attached hydrogens (tertiary/aromatic N) is 1. The lowest BCUT2D eigenvalue weighted by Crippen LogP contribution is -2.62. The summed E-state index contributed by atoms with van der Waals surface area (Å²) in [5.41, 5.74) is 1.42. The number of hydrogen-bond acceptors (Lipinski definition) is 5. The molecule has 4 atom stereocenters. The predicted molar refractivity (Wildman–Crippen MR) is 139 cm³/mol. The van der Waals surface area contributed by atoms with Crippen LogP contribution < -0.4 is 15.4 Å². The molecule has 2 spiro atoms. The van der Waals surface area contributed by atoms with Crippen molar-refractivity contribution in [1.82, 2.24) is 4.90 Å². The van der Waals surface area contributed by atoms with Gasteiger partial charge in [0.2, 0.25) is 5.91 Å². The summed E-state index contributed by atoms with van der Waals surface area (Å²) in [6, 6.07) is 20.2. The first-order chi connectivity index (χ1) is 18.0. The summed E-state index contributed by atoms with van der Waals surface area (Å²) in [6.07, 6.45) is 1.56. The van der Waals surface area contributed by atoms with Crippen molar-refractivity contribution in [3.05, 3.63) is 89.0 Å². The van der Waals surface area contributed by atoms with Crippen molar-refractivity contribution < 1.29 is 19.1 Å². The molecule has 0 aliphatic carbocycles. The van der Waals surface area contributed by atoms with Gasteiger partial charge < -0.3 is 15.4 Å². The van der Waals surface area contributed by atoms with E-state index in [0.717, 1.165) is 29.7 Å². The van der Waals surface area contributed by atoms with Crippen LogP contribution in [-0.4, -0.2) is 42.2 Å². The third-order valence-electron chi connectivity index (χ3n) is 8.99. The Bertz CT molecular complexity index is 1520. The molecule has 3 aromatic carbocycles. The Morgan fingerprint density at radius 2 is 1.70 bits per heavy atom. The number of benzene rings is 3. The number of para-hydroxylation sites is 3. The van der Waals surface area contributed by atoms with E-state index in [2.05, 4.69) is 15.5 Å². The third-order valence-corrected chi connectivity index (χ3v) is 8.99. The molecule has 37 heavy (non-hydrogen) atoms. The number of rotatable bonds is 3. The highest BCUT2D eigenvalue weighted by molar-refractivity contribution is 6.21. The number of nitrogens with one attached hydrogen (secondary N) is 2. The summed E-state index contributed by atoms with van der Waals surface area (Å²) in [6.45, 7) is 2.58. The van der Waals surface area contributed by atoms with Crippen LogP contribution in [0.3, 0.4) is 0 Å². The normalized spacial score (nSPS) is 29.2. The molecule has 7 nitrogen and oxygen atoms in total. The highest BCUT2D eigenvalue weighted by atomic mass is 16.5. The average molecular weight is 494 g/mol. The Morgan fingerprint density at radius 1 is 0.946 bits per heavy atom. The van der Waals surface area contributed by atoms with Gasteiger partial charge in [-0.05, 0) is 55.6 Å². The molecule has 0 saturated carbocycles. The van der Waals surface area contributed by atoms with E-state index in [1.807, 2.05) is 61.5 Å². The molecule has 186 valence electrons. The minimum Gasteiger partial charge on any atom is -0.496 e. The molecule has 2 fully saturated rings. The fourth-order valence-electron chi connectivity index (χ4n) is 7.77. The number of fused-ring (bicyclic) bond motifs is 7. The Kier molecular flexibility index (Phi) is 4.52. The SMILES string of the molecule is COc1ccccc1C(=O)C1C2CCCN2C2(C(=O)Nc3c(C)cccc32)C12C(=O)Nc1ccccc12. The van der Waals surface area contributed by atoms with Crippen LogP contribution in [0.4, 0.5) is 11.4 Å². The van der Waals surface area contributed by atoms with Gasteiger partial charge >= 0.3 is 0 Å². The number of hydrogen-bond donors (Lipinski definition) is 2. The maximum Gasteiger partial charge on any atom is 0.251 e. The van der Waals surface area contributed by atoms with Gasteiger partial charge in [-0.3, -0.25) is 19.3 Å². The van der Waals surface area contributed by atoms with Crippen molar-refractivity contribution in [2.45, 2.75) is 36.8 Å². The van der Waals surface area contributed by atoms with Gasteiger partial charge in [0.1, 0.15) is 16.7 Å².